The second kappa shape index (κ2) is 11.0. The first-order valence-electron chi connectivity index (χ1n) is 11.0. The fourth-order valence-electron chi connectivity index (χ4n) is 3.66. The predicted molar refractivity (Wildman–Crippen MR) is 128 cm³/mol. The van der Waals surface area contributed by atoms with Crippen molar-refractivity contribution in [2.75, 3.05) is 31.1 Å². The summed E-state index contributed by atoms with van der Waals surface area (Å²) in [5.74, 6) is 0.139. The lowest BCUT2D eigenvalue weighted by Crippen LogP contribution is -2.51. The summed E-state index contributed by atoms with van der Waals surface area (Å²) >= 11 is 7.56. The SMILES string of the molecule is CCCCC(Sc1nc(CC)cc(=O)n1C)C(=O)N1CCN(c2cccc(Cl)c2)CC1. The maximum Gasteiger partial charge on any atom is 0.254 e. The molecule has 1 fully saturated rings. The molecule has 2 aromatic rings. The number of aryl methyl sites for hydroxylation is 1. The molecule has 0 aliphatic carbocycles. The van der Waals surface area contributed by atoms with Gasteiger partial charge in [-0.3, -0.25) is 14.2 Å². The molecule has 168 valence electrons. The zero-order valence-corrected chi connectivity index (χ0v) is 20.1. The van der Waals surface area contributed by atoms with Crippen molar-refractivity contribution in [1.82, 2.24) is 14.5 Å². The Hall–Kier alpha value is -1.99. The number of unbranched alkanes of at least 4 members (excludes halogenated alkanes) is 1. The van der Waals surface area contributed by atoms with Gasteiger partial charge in [-0.25, -0.2) is 4.98 Å². The lowest BCUT2D eigenvalue weighted by molar-refractivity contribution is -0.131. The number of halogens is 1. The van der Waals surface area contributed by atoms with E-state index in [9.17, 15) is 9.59 Å². The van der Waals surface area contributed by atoms with Gasteiger partial charge in [-0.15, -0.1) is 0 Å². The number of aromatic nitrogens is 2. The minimum Gasteiger partial charge on any atom is -0.368 e. The highest BCUT2D eigenvalue weighted by Gasteiger charge is 2.29. The molecule has 0 bridgehead atoms. The number of rotatable bonds is 8. The van der Waals surface area contributed by atoms with Crippen LogP contribution in [0.1, 0.15) is 38.8 Å². The van der Waals surface area contributed by atoms with Gasteiger partial charge in [0, 0.05) is 55.7 Å². The van der Waals surface area contributed by atoms with Crippen molar-refractivity contribution < 1.29 is 4.79 Å². The van der Waals surface area contributed by atoms with Gasteiger partial charge in [0.2, 0.25) is 5.91 Å². The Balaban J connectivity index is 1.71. The van der Waals surface area contributed by atoms with Gasteiger partial charge in [0.15, 0.2) is 5.16 Å². The van der Waals surface area contributed by atoms with E-state index in [1.807, 2.05) is 30.0 Å². The van der Waals surface area contributed by atoms with Gasteiger partial charge in [-0.1, -0.05) is 56.1 Å². The highest BCUT2D eigenvalue weighted by molar-refractivity contribution is 8.00. The molecule has 1 unspecified atom stereocenters. The van der Waals surface area contributed by atoms with E-state index in [4.69, 9.17) is 11.6 Å². The van der Waals surface area contributed by atoms with E-state index in [0.29, 0.717) is 24.7 Å². The number of piperazine rings is 1. The summed E-state index contributed by atoms with van der Waals surface area (Å²) in [5, 5.41) is 1.11. The molecule has 1 atom stereocenters. The Kier molecular flexibility index (Phi) is 8.43. The van der Waals surface area contributed by atoms with Crippen LogP contribution < -0.4 is 10.5 Å². The first kappa shape index (κ1) is 23.7. The normalized spacial score (nSPS) is 15.2. The second-order valence-corrected chi connectivity index (χ2v) is 9.43. The third kappa shape index (κ3) is 6.04. The number of carbonyl (C=O) groups excluding carboxylic acids is 1. The highest BCUT2D eigenvalue weighted by Crippen LogP contribution is 2.27. The molecule has 6 nitrogen and oxygen atoms in total. The summed E-state index contributed by atoms with van der Waals surface area (Å²) in [6.45, 7) is 7.02. The fourth-order valence-corrected chi connectivity index (χ4v) is 5.05. The number of carbonyl (C=O) groups is 1. The van der Waals surface area contributed by atoms with Crippen molar-refractivity contribution in [1.29, 1.82) is 0 Å². The standard InChI is InChI=1S/C23H31ClN4O2S/c1-4-6-10-20(31-23-25-18(5-2)16-21(29)26(23)3)22(30)28-13-11-27(12-14-28)19-9-7-8-17(24)15-19/h7-9,15-16,20H,4-6,10-14H2,1-3H3. The maximum absolute atomic E-state index is 13.4. The quantitative estimate of drug-likeness (QED) is 0.438. The second-order valence-electron chi connectivity index (χ2n) is 7.82. The first-order chi connectivity index (χ1) is 14.9. The van der Waals surface area contributed by atoms with Crippen molar-refractivity contribution in [2.24, 2.45) is 7.05 Å². The van der Waals surface area contributed by atoms with Crippen LogP contribution >= 0.6 is 23.4 Å². The third-order valence-corrected chi connectivity index (χ3v) is 7.15. The molecule has 0 saturated carbocycles. The minimum atomic E-state index is -0.233. The Bertz CT molecular complexity index is 957. The summed E-state index contributed by atoms with van der Waals surface area (Å²) in [6, 6.07) is 9.41. The van der Waals surface area contributed by atoms with E-state index in [1.165, 1.54) is 11.8 Å². The molecule has 1 saturated heterocycles. The van der Waals surface area contributed by atoms with Gasteiger partial charge in [0.25, 0.3) is 5.56 Å². The smallest absolute Gasteiger partial charge is 0.254 e. The van der Waals surface area contributed by atoms with Gasteiger partial charge >= 0.3 is 0 Å². The summed E-state index contributed by atoms with van der Waals surface area (Å²) in [6.07, 6.45) is 3.46. The van der Waals surface area contributed by atoms with E-state index in [-0.39, 0.29) is 16.7 Å². The maximum atomic E-state index is 13.4. The van der Waals surface area contributed by atoms with E-state index in [2.05, 4.69) is 22.9 Å². The fraction of sp³-hybridized carbons (Fsp3) is 0.522. The molecule has 31 heavy (non-hydrogen) atoms. The van der Waals surface area contributed by atoms with Crippen LogP contribution in [0.15, 0.2) is 40.3 Å². The number of thioether (sulfide) groups is 1. The Morgan fingerprint density at radius 1 is 1.19 bits per heavy atom. The van der Waals surface area contributed by atoms with Gasteiger partial charge in [-0.2, -0.15) is 0 Å². The monoisotopic (exact) mass is 462 g/mol. The molecule has 8 heteroatoms. The summed E-state index contributed by atoms with van der Waals surface area (Å²) in [7, 11) is 1.72. The number of hydrogen-bond acceptors (Lipinski definition) is 5. The van der Waals surface area contributed by atoms with Crippen LogP contribution in [-0.4, -0.2) is 51.8 Å². The molecule has 3 rings (SSSR count). The van der Waals surface area contributed by atoms with Crippen LogP contribution in [0.4, 0.5) is 5.69 Å². The molecule has 1 aliphatic heterocycles. The zero-order chi connectivity index (χ0) is 22.4. The molecular weight excluding hydrogens is 432 g/mol. The topological polar surface area (TPSA) is 58.4 Å². The van der Waals surface area contributed by atoms with Crippen molar-refractivity contribution >= 4 is 35.0 Å². The third-order valence-electron chi connectivity index (χ3n) is 5.62. The summed E-state index contributed by atoms with van der Waals surface area (Å²) < 4.78 is 1.55. The number of amides is 1. The molecule has 1 aromatic carbocycles. The number of benzene rings is 1. The number of anilines is 1. The van der Waals surface area contributed by atoms with Crippen LogP contribution in [0.5, 0.6) is 0 Å². The molecule has 0 radical (unpaired) electrons. The number of nitrogens with zero attached hydrogens (tertiary/aromatic N) is 4. The highest BCUT2D eigenvalue weighted by atomic mass is 35.5. The Morgan fingerprint density at radius 3 is 2.58 bits per heavy atom. The molecule has 2 heterocycles. The first-order valence-corrected chi connectivity index (χ1v) is 12.2. The van der Waals surface area contributed by atoms with Crippen molar-refractivity contribution in [3.05, 3.63) is 51.4 Å². The zero-order valence-electron chi connectivity index (χ0n) is 18.5. The molecule has 1 aromatic heterocycles. The van der Waals surface area contributed by atoms with Crippen LogP contribution in [0.3, 0.4) is 0 Å². The average Bonchev–Trinajstić information content (AvgIpc) is 2.78. The summed E-state index contributed by atoms with van der Waals surface area (Å²) in [5.41, 5.74) is 1.78. The van der Waals surface area contributed by atoms with Gasteiger partial charge in [0.1, 0.15) is 0 Å². The minimum absolute atomic E-state index is 0.0776. The van der Waals surface area contributed by atoms with Crippen LogP contribution in [0.25, 0.3) is 0 Å². The lowest BCUT2D eigenvalue weighted by atomic mass is 10.1. The van der Waals surface area contributed by atoms with E-state index >= 15 is 0 Å². The molecule has 1 amide bonds. The molecule has 0 spiro atoms. The van der Waals surface area contributed by atoms with Gasteiger partial charge in [-0.05, 0) is 31.0 Å². The van der Waals surface area contributed by atoms with Crippen LogP contribution in [-0.2, 0) is 18.3 Å². The summed E-state index contributed by atoms with van der Waals surface area (Å²) in [4.78, 5) is 34.5. The average molecular weight is 463 g/mol. The Morgan fingerprint density at radius 2 is 1.94 bits per heavy atom. The Labute approximate surface area is 193 Å². The van der Waals surface area contributed by atoms with E-state index in [0.717, 1.165) is 48.8 Å². The van der Waals surface area contributed by atoms with Gasteiger partial charge < -0.3 is 9.80 Å². The van der Waals surface area contributed by atoms with Crippen molar-refractivity contribution in [3.8, 4) is 0 Å². The van der Waals surface area contributed by atoms with Crippen molar-refractivity contribution in [2.45, 2.75) is 49.9 Å². The lowest BCUT2D eigenvalue weighted by Gasteiger charge is -2.37. The predicted octanol–water partition coefficient (Wildman–Crippen LogP) is 4.00. The largest absolute Gasteiger partial charge is 0.368 e. The molecule has 0 N–H and O–H groups in total. The van der Waals surface area contributed by atoms with Crippen molar-refractivity contribution in [3.63, 3.8) is 0 Å². The van der Waals surface area contributed by atoms with Gasteiger partial charge in [0.05, 0.1) is 5.25 Å². The van der Waals surface area contributed by atoms with Crippen LogP contribution in [0, 0.1) is 0 Å². The van der Waals surface area contributed by atoms with E-state index < -0.39 is 0 Å². The van der Waals surface area contributed by atoms with E-state index in [1.54, 1.807) is 17.7 Å². The molecule has 1 aliphatic rings. The number of hydrogen-bond donors (Lipinski definition) is 0. The van der Waals surface area contributed by atoms with Crippen LogP contribution in [0.2, 0.25) is 5.02 Å². The molecular formula is C23H31ClN4O2S.